The van der Waals surface area contributed by atoms with E-state index in [1.165, 1.54) is 6.07 Å². The number of aromatic carboxylic acids is 1. The van der Waals surface area contributed by atoms with E-state index >= 15 is 0 Å². The highest BCUT2D eigenvalue weighted by Crippen LogP contribution is 2.25. The van der Waals surface area contributed by atoms with Gasteiger partial charge >= 0.3 is 5.97 Å². The molecule has 0 aliphatic rings. The fraction of sp³-hybridized carbons (Fsp3) is 0. The van der Waals surface area contributed by atoms with Crippen molar-refractivity contribution in [1.29, 1.82) is 0 Å². The first-order valence-corrected chi connectivity index (χ1v) is 4.37. The Bertz CT molecular complexity index is 562. The molecule has 0 spiro atoms. The first-order chi connectivity index (χ1) is 7.13. The van der Waals surface area contributed by atoms with Crippen molar-refractivity contribution >= 4 is 34.9 Å². The molecule has 0 atom stereocenters. The van der Waals surface area contributed by atoms with Crippen molar-refractivity contribution in [3.05, 3.63) is 28.5 Å². The number of aromatic amines is 1. The molecule has 0 saturated heterocycles. The van der Waals surface area contributed by atoms with E-state index in [4.69, 9.17) is 16.7 Å². The minimum absolute atomic E-state index is 0.0804. The number of carboxylic acids is 1. The molecular weight excluding hydrogens is 220 g/mol. The van der Waals surface area contributed by atoms with Gasteiger partial charge in [0.15, 0.2) is 6.29 Å². The van der Waals surface area contributed by atoms with Gasteiger partial charge in [0.2, 0.25) is 0 Å². The van der Waals surface area contributed by atoms with Crippen molar-refractivity contribution < 1.29 is 14.7 Å². The summed E-state index contributed by atoms with van der Waals surface area (Å²) in [5, 5.41) is 9.29. The number of aromatic nitrogens is 2. The predicted octanol–water partition coefficient (Wildman–Crippen LogP) is 1.73. The summed E-state index contributed by atoms with van der Waals surface area (Å²) < 4.78 is 0. The second-order valence-corrected chi connectivity index (χ2v) is 3.27. The number of carboxylic acid groups (broad SMARTS) is 1. The molecule has 2 heterocycles. The zero-order valence-corrected chi connectivity index (χ0v) is 8.08. The topological polar surface area (TPSA) is 83.1 Å². The molecule has 2 aromatic heterocycles. The molecule has 0 unspecified atom stereocenters. The summed E-state index contributed by atoms with van der Waals surface area (Å²) in [6.07, 6.45) is 1.76. The Morgan fingerprint density at radius 3 is 2.93 bits per heavy atom. The fourth-order valence-corrected chi connectivity index (χ4v) is 1.55. The Hall–Kier alpha value is -1.88. The van der Waals surface area contributed by atoms with Crippen LogP contribution in [-0.4, -0.2) is 27.3 Å². The Balaban J connectivity index is 2.77. The molecule has 0 saturated carbocycles. The number of hydrogen-bond donors (Lipinski definition) is 2. The Labute approximate surface area is 88.7 Å². The van der Waals surface area contributed by atoms with E-state index in [1.54, 1.807) is 0 Å². The molecule has 76 valence electrons. The SMILES string of the molecule is O=Cc1cc2c(Cl)c(C(=O)O)cnc2[nH]1. The number of pyridine rings is 1. The summed E-state index contributed by atoms with van der Waals surface area (Å²) >= 11 is 5.85. The smallest absolute Gasteiger partial charge is 0.338 e. The number of rotatable bonds is 2. The van der Waals surface area contributed by atoms with Crippen LogP contribution in [0.25, 0.3) is 11.0 Å². The lowest BCUT2D eigenvalue weighted by molar-refractivity contribution is 0.0696. The van der Waals surface area contributed by atoms with Crippen LogP contribution in [0.1, 0.15) is 20.8 Å². The highest BCUT2D eigenvalue weighted by atomic mass is 35.5. The van der Waals surface area contributed by atoms with E-state index in [0.29, 0.717) is 23.0 Å². The van der Waals surface area contributed by atoms with E-state index in [1.807, 2.05) is 0 Å². The van der Waals surface area contributed by atoms with E-state index in [9.17, 15) is 9.59 Å². The monoisotopic (exact) mass is 224 g/mol. The molecule has 2 rings (SSSR count). The van der Waals surface area contributed by atoms with Crippen LogP contribution in [0.2, 0.25) is 5.02 Å². The maximum Gasteiger partial charge on any atom is 0.338 e. The summed E-state index contributed by atoms with van der Waals surface area (Å²) in [6, 6.07) is 1.46. The van der Waals surface area contributed by atoms with E-state index in [0.717, 1.165) is 6.20 Å². The number of carbonyl (C=O) groups is 2. The van der Waals surface area contributed by atoms with Crippen molar-refractivity contribution in [3.63, 3.8) is 0 Å². The van der Waals surface area contributed by atoms with Crippen LogP contribution in [0.15, 0.2) is 12.3 Å². The van der Waals surface area contributed by atoms with Crippen LogP contribution in [0.4, 0.5) is 0 Å². The third kappa shape index (κ3) is 1.46. The molecule has 0 amide bonds. The summed E-state index contributed by atoms with van der Waals surface area (Å²) in [4.78, 5) is 27.8. The van der Waals surface area contributed by atoms with E-state index < -0.39 is 5.97 Å². The number of nitrogens with one attached hydrogen (secondary N) is 1. The van der Waals surface area contributed by atoms with E-state index in [-0.39, 0.29) is 10.6 Å². The number of hydrogen-bond acceptors (Lipinski definition) is 3. The quantitative estimate of drug-likeness (QED) is 0.761. The summed E-state index contributed by atoms with van der Waals surface area (Å²) in [5.74, 6) is -1.15. The predicted molar refractivity (Wildman–Crippen MR) is 53.5 cm³/mol. The van der Waals surface area contributed by atoms with Crippen LogP contribution in [0, 0.1) is 0 Å². The molecule has 2 N–H and O–H groups in total. The van der Waals surface area contributed by atoms with Gasteiger partial charge in [0.1, 0.15) is 5.65 Å². The number of H-pyrrole nitrogens is 1. The van der Waals surface area contributed by atoms with Crippen LogP contribution in [0.3, 0.4) is 0 Å². The van der Waals surface area contributed by atoms with Gasteiger partial charge in [-0.1, -0.05) is 11.6 Å². The molecule has 0 aromatic carbocycles. The van der Waals surface area contributed by atoms with Gasteiger partial charge in [-0.15, -0.1) is 0 Å². The number of halogens is 1. The normalized spacial score (nSPS) is 10.5. The zero-order valence-electron chi connectivity index (χ0n) is 7.32. The largest absolute Gasteiger partial charge is 0.478 e. The lowest BCUT2D eigenvalue weighted by atomic mass is 10.2. The number of nitrogens with zero attached hydrogens (tertiary/aromatic N) is 1. The molecule has 5 nitrogen and oxygen atoms in total. The Morgan fingerprint density at radius 2 is 2.33 bits per heavy atom. The zero-order chi connectivity index (χ0) is 11.0. The fourth-order valence-electron chi connectivity index (χ4n) is 1.28. The molecule has 0 aliphatic carbocycles. The van der Waals surface area contributed by atoms with Gasteiger partial charge < -0.3 is 10.1 Å². The molecule has 2 aromatic rings. The number of aldehydes is 1. The first-order valence-electron chi connectivity index (χ1n) is 3.99. The molecule has 0 bridgehead atoms. The van der Waals surface area contributed by atoms with Crippen molar-refractivity contribution in [2.45, 2.75) is 0 Å². The third-order valence-electron chi connectivity index (χ3n) is 1.97. The van der Waals surface area contributed by atoms with Crippen molar-refractivity contribution in [3.8, 4) is 0 Å². The van der Waals surface area contributed by atoms with Crippen LogP contribution >= 0.6 is 11.6 Å². The van der Waals surface area contributed by atoms with Crippen molar-refractivity contribution in [1.82, 2.24) is 9.97 Å². The number of carbonyl (C=O) groups excluding carboxylic acids is 1. The highest BCUT2D eigenvalue weighted by molar-refractivity contribution is 6.38. The second-order valence-electron chi connectivity index (χ2n) is 2.90. The second kappa shape index (κ2) is 3.36. The Kier molecular flexibility index (Phi) is 2.17. The minimum atomic E-state index is -1.15. The standard InChI is InChI=1S/C9H5ClN2O3/c10-7-5-1-4(3-13)12-8(5)11-2-6(7)9(14)15/h1-3H,(H,11,12)(H,14,15). The average Bonchev–Trinajstić information content (AvgIpc) is 2.61. The third-order valence-corrected chi connectivity index (χ3v) is 2.38. The van der Waals surface area contributed by atoms with Crippen LogP contribution < -0.4 is 0 Å². The average molecular weight is 225 g/mol. The molecule has 6 heteroatoms. The van der Waals surface area contributed by atoms with Gasteiger partial charge in [-0.2, -0.15) is 0 Å². The lowest BCUT2D eigenvalue weighted by Crippen LogP contribution is -1.98. The van der Waals surface area contributed by atoms with Gasteiger partial charge in [-0.25, -0.2) is 9.78 Å². The van der Waals surface area contributed by atoms with Gasteiger partial charge in [0, 0.05) is 11.6 Å². The van der Waals surface area contributed by atoms with Gasteiger partial charge in [-0.3, -0.25) is 4.79 Å². The molecule has 0 aliphatic heterocycles. The van der Waals surface area contributed by atoms with Crippen molar-refractivity contribution in [2.24, 2.45) is 0 Å². The summed E-state index contributed by atoms with van der Waals surface area (Å²) in [6.45, 7) is 0. The maximum atomic E-state index is 10.7. The molecule has 0 fully saturated rings. The molecule has 15 heavy (non-hydrogen) atoms. The minimum Gasteiger partial charge on any atom is -0.478 e. The van der Waals surface area contributed by atoms with E-state index in [2.05, 4.69) is 9.97 Å². The van der Waals surface area contributed by atoms with Gasteiger partial charge in [0.05, 0.1) is 16.3 Å². The molecular formula is C9H5ClN2O3. The lowest BCUT2D eigenvalue weighted by Gasteiger charge is -1.97. The van der Waals surface area contributed by atoms with Gasteiger partial charge in [0.25, 0.3) is 0 Å². The van der Waals surface area contributed by atoms with Crippen molar-refractivity contribution in [2.75, 3.05) is 0 Å². The maximum absolute atomic E-state index is 10.7. The Morgan fingerprint density at radius 1 is 1.60 bits per heavy atom. The van der Waals surface area contributed by atoms with Gasteiger partial charge in [-0.05, 0) is 6.07 Å². The first kappa shape index (κ1) is 9.67. The summed E-state index contributed by atoms with van der Waals surface area (Å²) in [7, 11) is 0. The highest BCUT2D eigenvalue weighted by Gasteiger charge is 2.14. The summed E-state index contributed by atoms with van der Waals surface area (Å²) in [5.41, 5.74) is 0.620. The molecule has 0 radical (unpaired) electrons. The van der Waals surface area contributed by atoms with Crippen LogP contribution in [-0.2, 0) is 0 Å². The van der Waals surface area contributed by atoms with Crippen LogP contribution in [0.5, 0.6) is 0 Å². The number of fused-ring (bicyclic) bond motifs is 1.